The first-order valence-electron chi connectivity index (χ1n) is 6.40. The monoisotopic (exact) mass is 281 g/mol. The van der Waals surface area contributed by atoms with Gasteiger partial charge in [0.05, 0.1) is 11.3 Å². The highest BCUT2D eigenvalue weighted by Gasteiger charge is 2.33. The molecular weight excluding hydrogens is 266 g/mol. The number of carbonyl (C=O) groups is 1. The van der Waals surface area contributed by atoms with Crippen LogP contribution in [0.1, 0.15) is 24.3 Å². The molecule has 2 heterocycles. The van der Waals surface area contributed by atoms with Crippen molar-refractivity contribution in [1.29, 1.82) is 0 Å². The number of benzene rings is 1. The third-order valence-electron chi connectivity index (χ3n) is 3.67. The van der Waals surface area contributed by atoms with Gasteiger partial charge in [-0.05, 0) is 24.5 Å². The average Bonchev–Trinajstić information content (AvgIpc) is 2.82. The van der Waals surface area contributed by atoms with Crippen LogP contribution in [0.4, 0.5) is 0 Å². The van der Waals surface area contributed by atoms with Gasteiger partial charge in [-0.25, -0.2) is 0 Å². The second kappa shape index (κ2) is 5.14. The van der Waals surface area contributed by atoms with Gasteiger partial charge >= 0.3 is 0 Å². The Hall–Kier alpha value is -0.670. The Labute approximate surface area is 117 Å². The van der Waals surface area contributed by atoms with E-state index in [1.54, 1.807) is 11.8 Å². The summed E-state index contributed by atoms with van der Waals surface area (Å²) in [6, 6.07) is 8.24. The zero-order valence-corrected chi connectivity index (χ0v) is 11.7. The van der Waals surface area contributed by atoms with Gasteiger partial charge in [0, 0.05) is 23.7 Å². The molecule has 1 aromatic carbocycles. The van der Waals surface area contributed by atoms with Crippen molar-refractivity contribution in [2.24, 2.45) is 0 Å². The molecule has 0 aliphatic carbocycles. The predicted molar refractivity (Wildman–Crippen MR) is 75.4 cm³/mol. The molecule has 96 valence electrons. The van der Waals surface area contributed by atoms with Crippen molar-refractivity contribution in [3.8, 4) is 0 Å². The van der Waals surface area contributed by atoms with Crippen LogP contribution in [-0.2, 0) is 4.79 Å². The lowest BCUT2D eigenvalue weighted by atomic mass is 9.98. The molecule has 18 heavy (non-hydrogen) atoms. The molecule has 2 aliphatic heterocycles. The van der Waals surface area contributed by atoms with Crippen LogP contribution >= 0.6 is 23.4 Å². The maximum Gasteiger partial charge on any atom is 0.231 e. The van der Waals surface area contributed by atoms with Crippen LogP contribution in [-0.4, -0.2) is 35.0 Å². The van der Waals surface area contributed by atoms with Crippen molar-refractivity contribution in [3.63, 3.8) is 0 Å². The van der Waals surface area contributed by atoms with E-state index in [0.717, 1.165) is 25.1 Å². The molecule has 1 fully saturated rings. The number of piperidine rings is 1. The summed E-state index contributed by atoms with van der Waals surface area (Å²) in [7, 11) is 0. The number of hydrogen-bond acceptors (Lipinski definition) is 2. The summed E-state index contributed by atoms with van der Waals surface area (Å²) in [6.07, 6.45) is 2.06. The van der Waals surface area contributed by atoms with Gasteiger partial charge in [-0.2, -0.15) is 0 Å². The van der Waals surface area contributed by atoms with Crippen LogP contribution in [0.5, 0.6) is 0 Å². The van der Waals surface area contributed by atoms with E-state index in [9.17, 15) is 4.79 Å². The lowest BCUT2D eigenvalue weighted by Gasteiger charge is -2.31. The van der Waals surface area contributed by atoms with E-state index in [4.69, 9.17) is 11.6 Å². The number of nitrogens with zero attached hydrogens (tertiary/aromatic N) is 1. The summed E-state index contributed by atoms with van der Waals surface area (Å²) in [5, 5.41) is 0.131. The van der Waals surface area contributed by atoms with Gasteiger partial charge in [0.1, 0.15) is 0 Å². The van der Waals surface area contributed by atoms with E-state index >= 15 is 0 Å². The fraction of sp³-hybridized carbons (Fsp3) is 0.500. The zero-order chi connectivity index (χ0) is 12.5. The summed E-state index contributed by atoms with van der Waals surface area (Å²) in [5.74, 6) is 1.17. The highest BCUT2D eigenvalue weighted by atomic mass is 35.5. The molecule has 0 N–H and O–H groups in total. The SMILES string of the molecule is O=C(C1CSc2ccccc21)N1CCCC(Cl)C1. The van der Waals surface area contributed by atoms with Crippen molar-refractivity contribution in [3.05, 3.63) is 29.8 Å². The molecular formula is C14H16ClNOS. The molecule has 2 aliphatic rings. The van der Waals surface area contributed by atoms with E-state index < -0.39 is 0 Å². The first-order valence-corrected chi connectivity index (χ1v) is 7.82. The molecule has 1 amide bonds. The van der Waals surface area contributed by atoms with Crippen molar-refractivity contribution < 1.29 is 4.79 Å². The predicted octanol–water partition coefficient (Wildman–Crippen LogP) is 3.11. The minimum Gasteiger partial charge on any atom is -0.341 e. The van der Waals surface area contributed by atoms with E-state index in [1.807, 2.05) is 17.0 Å². The van der Waals surface area contributed by atoms with Crippen molar-refractivity contribution >= 4 is 29.3 Å². The molecule has 2 atom stereocenters. The fourth-order valence-corrected chi connectivity index (χ4v) is 4.25. The maximum absolute atomic E-state index is 12.6. The number of amides is 1. The van der Waals surface area contributed by atoms with Gasteiger partial charge in [0.15, 0.2) is 0 Å². The van der Waals surface area contributed by atoms with Crippen LogP contribution < -0.4 is 0 Å². The molecule has 1 saturated heterocycles. The number of carbonyl (C=O) groups excluding carboxylic acids is 1. The largest absolute Gasteiger partial charge is 0.341 e. The molecule has 0 spiro atoms. The average molecular weight is 282 g/mol. The Morgan fingerprint density at radius 1 is 1.39 bits per heavy atom. The summed E-state index contributed by atoms with van der Waals surface area (Å²) in [5.41, 5.74) is 1.20. The number of hydrogen-bond donors (Lipinski definition) is 0. The minimum atomic E-state index is 0.0353. The molecule has 2 nitrogen and oxygen atoms in total. The number of fused-ring (bicyclic) bond motifs is 1. The Morgan fingerprint density at radius 3 is 3.06 bits per heavy atom. The van der Waals surface area contributed by atoms with E-state index in [1.165, 1.54) is 10.5 Å². The molecule has 4 heteroatoms. The van der Waals surface area contributed by atoms with Gasteiger partial charge in [-0.1, -0.05) is 18.2 Å². The first-order chi connectivity index (χ1) is 8.75. The smallest absolute Gasteiger partial charge is 0.231 e. The third-order valence-corrected chi connectivity index (χ3v) is 5.21. The van der Waals surface area contributed by atoms with E-state index in [-0.39, 0.29) is 17.2 Å². The maximum atomic E-state index is 12.6. The van der Waals surface area contributed by atoms with Gasteiger partial charge in [-0.3, -0.25) is 4.79 Å². The quantitative estimate of drug-likeness (QED) is 0.737. The number of alkyl halides is 1. The molecule has 3 rings (SSSR count). The number of halogens is 1. The normalized spacial score (nSPS) is 27.1. The highest BCUT2D eigenvalue weighted by Crippen LogP contribution is 2.40. The fourth-order valence-electron chi connectivity index (χ4n) is 2.71. The zero-order valence-electron chi connectivity index (χ0n) is 10.1. The number of likely N-dealkylation sites (tertiary alicyclic amines) is 1. The van der Waals surface area contributed by atoms with Gasteiger partial charge in [-0.15, -0.1) is 23.4 Å². The second-order valence-corrected chi connectivity index (χ2v) is 6.60. The van der Waals surface area contributed by atoms with Crippen molar-refractivity contribution in [1.82, 2.24) is 4.90 Å². The Balaban J connectivity index is 1.78. The van der Waals surface area contributed by atoms with Crippen LogP contribution in [0.2, 0.25) is 0 Å². The molecule has 0 aromatic heterocycles. The Kier molecular flexibility index (Phi) is 3.53. The van der Waals surface area contributed by atoms with Gasteiger partial charge in [0.25, 0.3) is 0 Å². The standard InChI is InChI=1S/C14H16ClNOS/c15-10-4-3-7-16(8-10)14(17)12-9-18-13-6-2-1-5-11(12)13/h1-2,5-6,10,12H,3-4,7-9H2. The lowest BCUT2D eigenvalue weighted by Crippen LogP contribution is -2.42. The second-order valence-electron chi connectivity index (χ2n) is 4.93. The topological polar surface area (TPSA) is 20.3 Å². The highest BCUT2D eigenvalue weighted by molar-refractivity contribution is 7.99. The summed E-state index contributed by atoms with van der Waals surface area (Å²) in [4.78, 5) is 15.8. The molecule has 0 saturated carbocycles. The van der Waals surface area contributed by atoms with Crippen LogP contribution in [0.25, 0.3) is 0 Å². The number of rotatable bonds is 1. The molecule has 2 unspecified atom stereocenters. The van der Waals surface area contributed by atoms with Crippen LogP contribution in [0.15, 0.2) is 29.2 Å². The molecule has 1 aromatic rings. The summed E-state index contributed by atoms with van der Waals surface area (Å²) < 4.78 is 0. The third kappa shape index (κ3) is 2.26. The summed E-state index contributed by atoms with van der Waals surface area (Å²) >= 11 is 7.95. The Morgan fingerprint density at radius 2 is 2.22 bits per heavy atom. The first kappa shape index (κ1) is 12.4. The van der Waals surface area contributed by atoms with E-state index in [0.29, 0.717) is 6.54 Å². The minimum absolute atomic E-state index is 0.0353. The van der Waals surface area contributed by atoms with E-state index in [2.05, 4.69) is 12.1 Å². The molecule has 0 radical (unpaired) electrons. The summed E-state index contributed by atoms with van der Waals surface area (Å²) in [6.45, 7) is 1.58. The van der Waals surface area contributed by atoms with Crippen molar-refractivity contribution in [2.75, 3.05) is 18.8 Å². The van der Waals surface area contributed by atoms with Crippen LogP contribution in [0, 0.1) is 0 Å². The number of thioether (sulfide) groups is 1. The Bertz CT molecular complexity index is 465. The lowest BCUT2D eigenvalue weighted by molar-refractivity contribution is -0.133. The van der Waals surface area contributed by atoms with Crippen LogP contribution in [0.3, 0.4) is 0 Å². The molecule has 0 bridgehead atoms. The van der Waals surface area contributed by atoms with Gasteiger partial charge < -0.3 is 4.90 Å². The van der Waals surface area contributed by atoms with Crippen molar-refractivity contribution in [2.45, 2.75) is 29.0 Å². The van der Waals surface area contributed by atoms with Gasteiger partial charge in [0.2, 0.25) is 5.91 Å².